The molecule has 0 aliphatic carbocycles. The summed E-state index contributed by atoms with van der Waals surface area (Å²) in [5.74, 6) is 0. The molecule has 0 aliphatic rings. The first-order valence-electron chi connectivity index (χ1n) is 6.25. The van der Waals surface area contributed by atoms with Crippen LogP contribution in [-0.4, -0.2) is 16.5 Å². The van der Waals surface area contributed by atoms with E-state index >= 15 is 0 Å². The van der Waals surface area contributed by atoms with Crippen molar-refractivity contribution in [2.45, 2.75) is 33.2 Å². The molecule has 2 aromatic heterocycles. The van der Waals surface area contributed by atoms with Crippen molar-refractivity contribution in [3.63, 3.8) is 0 Å². The Hall–Kier alpha value is -1.26. The normalized spacial score (nSPS) is 12.6. The zero-order valence-corrected chi connectivity index (χ0v) is 11.9. The van der Waals surface area contributed by atoms with Crippen LogP contribution >= 0.6 is 11.3 Å². The maximum atomic E-state index is 4.54. The molecule has 0 spiro atoms. The molecule has 1 N–H and O–H groups in total. The molecule has 18 heavy (non-hydrogen) atoms. The average molecular weight is 261 g/mol. The topological polar surface area (TPSA) is 37.8 Å². The molecule has 2 heterocycles. The van der Waals surface area contributed by atoms with E-state index in [0.29, 0.717) is 6.04 Å². The highest BCUT2D eigenvalue weighted by Gasteiger charge is 2.13. The van der Waals surface area contributed by atoms with Gasteiger partial charge in [0.15, 0.2) is 0 Å². The summed E-state index contributed by atoms with van der Waals surface area (Å²) < 4.78 is 0. The van der Waals surface area contributed by atoms with E-state index in [-0.39, 0.29) is 0 Å². The molecule has 0 aliphatic heterocycles. The van der Waals surface area contributed by atoms with E-state index in [9.17, 15) is 0 Å². The van der Waals surface area contributed by atoms with E-state index in [1.54, 1.807) is 11.3 Å². The van der Waals surface area contributed by atoms with Crippen LogP contribution in [-0.2, 0) is 6.42 Å². The highest BCUT2D eigenvalue weighted by molar-refractivity contribution is 7.09. The van der Waals surface area contributed by atoms with Crippen molar-refractivity contribution in [3.8, 4) is 0 Å². The van der Waals surface area contributed by atoms with Crippen molar-refractivity contribution in [3.05, 3.63) is 45.7 Å². The van der Waals surface area contributed by atoms with Gasteiger partial charge in [-0.05, 0) is 31.5 Å². The zero-order valence-electron chi connectivity index (χ0n) is 11.1. The fourth-order valence-electron chi connectivity index (χ4n) is 1.99. The van der Waals surface area contributed by atoms with E-state index in [2.05, 4.69) is 40.6 Å². The number of rotatable bonds is 5. The van der Waals surface area contributed by atoms with E-state index in [1.807, 2.05) is 19.3 Å². The Morgan fingerprint density at radius 3 is 2.78 bits per heavy atom. The molecule has 0 aromatic carbocycles. The van der Waals surface area contributed by atoms with Crippen LogP contribution in [0.1, 0.15) is 34.8 Å². The molecule has 0 saturated heterocycles. The van der Waals surface area contributed by atoms with Gasteiger partial charge in [0.05, 0.1) is 5.01 Å². The van der Waals surface area contributed by atoms with Crippen LogP contribution in [0.15, 0.2) is 23.8 Å². The maximum Gasteiger partial charge on any atom is 0.0947 e. The van der Waals surface area contributed by atoms with Gasteiger partial charge in [0.2, 0.25) is 0 Å². The molecule has 2 rings (SSSR count). The number of pyridine rings is 1. The number of nitrogens with zero attached hydrogens (tertiary/aromatic N) is 2. The molecule has 96 valence electrons. The monoisotopic (exact) mass is 261 g/mol. The lowest BCUT2D eigenvalue weighted by Gasteiger charge is -2.17. The van der Waals surface area contributed by atoms with Gasteiger partial charge < -0.3 is 5.32 Å². The summed E-state index contributed by atoms with van der Waals surface area (Å²) in [6.07, 6.45) is 4.76. The van der Waals surface area contributed by atoms with Crippen molar-refractivity contribution in [1.82, 2.24) is 15.3 Å². The SMILES string of the molecule is CCNC(Cc1nc(C)cs1)c1cncc(C)c1. The van der Waals surface area contributed by atoms with Gasteiger partial charge in [0, 0.05) is 35.9 Å². The second-order valence-electron chi connectivity index (χ2n) is 4.49. The Morgan fingerprint density at radius 2 is 2.17 bits per heavy atom. The minimum absolute atomic E-state index is 0.299. The third-order valence-electron chi connectivity index (χ3n) is 2.79. The van der Waals surface area contributed by atoms with E-state index in [1.165, 1.54) is 16.1 Å². The molecule has 0 bridgehead atoms. The average Bonchev–Trinajstić information content (AvgIpc) is 2.74. The lowest BCUT2D eigenvalue weighted by atomic mass is 10.0. The number of aryl methyl sites for hydroxylation is 2. The van der Waals surface area contributed by atoms with Crippen LogP contribution in [0.3, 0.4) is 0 Å². The number of hydrogen-bond acceptors (Lipinski definition) is 4. The molecule has 4 heteroatoms. The first kappa shape index (κ1) is 13.2. The van der Waals surface area contributed by atoms with Gasteiger partial charge >= 0.3 is 0 Å². The summed E-state index contributed by atoms with van der Waals surface area (Å²) >= 11 is 1.73. The number of hydrogen-bond donors (Lipinski definition) is 1. The summed E-state index contributed by atoms with van der Waals surface area (Å²) in [5.41, 5.74) is 3.54. The van der Waals surface area contributed by atoms with Crippen LogP contribution in [0.2, 0.25) is 0 Å². The van der Waals surface area contributed by atoms with E-state index < -0.39 is 0 Å². The summed E-state index contributed by atoms with van der Waals surface area (Å²) in [6.45, 7) is 7.19. The molecular weight excluding hydrogens is 242 g/mol. The minimum atomic E-state index is 0.299. The van der Waals surface area contributed by atoms with Crippen LogP contribution in [0.25, 0.3) is 0 Å². The maximum absolute atomic E-state index is 4.54. The standard InChI is InChI=1S/C14H19N3S/c1-4-16-13(6-14-17-11(3)9-18-14)12-5-10(2)7-15-8-12/h5,7-9,13,16H,4,6H2,1-3H3. The van der Waals surface area contributed by atoms with Gasteiger partial charge in [-0.2, -0.15) is 0 Å². The van der Waals surface area contributed by atoms with Crippen LogP contribution in [0, 0.1) is 13.8 Å². The molecule has 0 fully saturated rings. The Morgan fingerprint density at radius 1 is 1.33 bits per heavy atom. The first-order valence-corrected chi connectivity index (χ1v) is 7.13. The molecule has 0 radical (unpaired) electrons. The van der Waals surface area contributed by atoms with Crippen molar-refractivity contribution in [2.75, 3.05) is 6.54 Å². The van der Waals surface area contributed by atoms with Gasteiger partial charge in [-0.25, -0.2) is 4.98 Å². The highest BCUT2D eigenvalue weighted by atomic mass is 32.1. The number of thiazole rings is 1. The van der Waals surface area contributed by atoms with Crippen LogP contribution in [0.4, 0.5) is 0 Å². The van der Waals surface area contributed by atoms with Crippen molar-refractivity contribution >= 4 is 11.3 Å². The second-order valence-corrected chi connectivity index (χ2v) is 5.44. The predicted molar refractivity (Wildman–Crippen MR) is 75.9 cm³/mol. The quantitative estimate of drug-likeness (QED) is 0.899. The van der Waals surface area contributed by atoms with E-state index in [4.69, 9.17) is 0 Å². The van der Waals surface area contributed by atoms with Gasteiger partial charge in [-0.3, -0.25) is 4.98 Å². The summed E-state index contributed by atoms with van der Waals surface area (Å²) in [4.78, 5) is 8.82. The smallest absolute Gasteiger partial charge is 0.0947 e. The molecular formula is C14H19N3S. The Balaban J connectivity index is 2.17. The van der Waals surface area contributed by atoms with Gasteiger partial charge in [0.25, 0.3) is 0 Å². The van der Waals surface area contributed by atoms with E-state index in [0.717, 1.165) is 18.7 Å². The Kier molecular flexibility index (Phi) is 4.44. The van der Waals surface area contributed by atoms with Gasteiger partial charge in [-0.15, -0.1) is 11.3 Å². The van der Waals surface area contributed by atoms with Crippen LogP contribution in [0.5, 0.6) is 0 Å². The minimum Gasteiger partial charge on any atom is -0.310 e. The van der Waals surface area contributed by atoms with Gasteiger partial charge in [0.1, 0.15) is 0 Å². The molecule has 0 saturated carbocycles. The second kappa shape index (κ2) is 6.07. The summed E-state index contributed by atoms with van der Waals surface area (Å²) in [6, 6.07) is 2.49. The third-order valence-corrected chi connectivity index (χ3v) is 3.78. The third kappa shape index (κ3) is 3.37. The lowest BCUT2D eigenvalue weighted by molar-refractivity contribution is 0.546. The van der Waals surface area contributed by atoms with Gasteiger partial charge in [-0.1, -0.05) is 13.0 Å². The van der Waals surface area contributed by atoms with Crippen molar-refractivity contribution in [1.29, 1.82) is 0 Å². The first-order chi connectivity index (χ1) is 8.69. The fourth-order valence-corrected chi connectivity index (χ4v) is 2.81. The number of nitrogens with one attached hydrogen (secondary N) is 1. The zero-order chi connectivity index (χ0) is 13.0. The predicted octanol–water partition coefficient (Wildman–Crippen LogP) is 3.05. The molecule has 0 amide bonds. The molecule has 2 aromatic rings. The van der Waals surface area contributed by atoms with Crippen LogP contribution < -0.4 is 5.32 Å². The van der Waals surface area contributed by atoms with Crippen molar-refractivity contribution < 1.29 is 0 Å². The molecule has 3 nitrogen and oxygen atoms in total. The van der Waals surface area contributed by atoms with Crippen molar-refractivity contribution in [2.24, 2.45) is 0 Å². The largest absolute Gasteiger partial charge is 0.310 e. The molecule has 1 unspecified atom stereocenters. The lowest BCUT2D eigenvalue weighted by Crippen LogP contribution is -2.23. The Bertz CT molecular complexity index is 507. The summed E-state index contributed by atoms with van der Waals surface area (Å²) in [5, 5.41) is 6.80. The number of likely N-dealkylation sites (N-methyl/N-ethyl adjacent to an activating group) is 1. The highest BCUT2D eigenvalue weighted by Crippen LogP contribution is 2.20. The summed E-state index contributed by atoms with van der Waals surface area (Å²) in [7, 11) is 0. The molecule has 1 atom stereocenters. The Labute approximate surface area is 112 Å². The fraction of sp³-hybridized carbons (Fsp3) is 0.429. The number of aromatic nitrogens is 2.